The Labute approximate surface area is 343 Å². The van der Waals surface area contributed by atoms with Crippen LogP contribution in [0, 0.1) is 5.92 Å². The summed E-state index contributed by atoms with van der Waals surface area (Å²) in [6, 6.07) is 14.5. The molecule has 2 aromatic carbocycles. The molecule has 0 spiro atoms. The zero-order valence-corrected chi connectivity index (χ0v) is 33.7. The van der Waals surface area contributed by atoms with Crippen molar-refractivity contribution in [2.45, 2.75) is 107 Å². The third-order valence-electron chi connectivity index (χ3n) is 14.3. The Morgan fingerprint density at radius 2 is 1.85 bits per heavy atom. The van der Waals surface area contributed by atoms with Gasteiger partial charge in [-0.15, -0.1) is 0 Å². The number of fused-ring (bicyclic) bond motifs is 4. The van der Waals surface area contributed by atoms with Crippen molar-refractivity contribution >= 4 is 52.0 Å². The van der Waals surface area contributed by atoms with Crippen molar-refractivity contribution in [3.63, 3.8) is 0 Å². The molecule has 5 saturated heterocycles. The monoisotopic (exact) mass is 800 g/mol. The first-order valence-corrected chi connectivity index (χ1v) is 21.4. The van der Waals surface area contributed by atoms with Gasteiger partial charge in [0.2, 0.25) is 11.8 Å². The topological polar surface area (TPSA) is 183 Å². The van der Waals surface area contributed by atoms with Gasteiger partial charge in [0.25, 0.3) is 5.91 Å². The SMILES string of the molecule is CCC1CC(c2ccc(Nc3nc(N4CCC[C@@H](N5CCN(C)C5=O)C4)cnc3C(N)=O)cc2)CC2CC([C@@H]3Cc4ccc5c(C6CCC(=O)NC6=O)noc5c4C3)N12. The normalized spacial score (nSPS) is 28.4. The maximum Gasteiger partial charge on any atom is 0.320 e. The summed E-state index contributed by atoms with van der Waals surface area (Å²) in [6.45, 7) is 5.23. The first-order valence-electron chi connectivity index (χ1n) is 21.4. The lowest BCUT2D eigenvalue weighted by atomic mass is 9.70. The molecule has 0 saturated carbocycles. The van der Waals surface area contributed by atoms with Gasteiger partial charge in [-0.2, -0.15) is 0 Å². The van der Waals surface area contributed by atoms with Crippen molar-refractivity contribution in [1.82, 2.24) is 35.1 Å². The van der Waals surface area contributed by atoms with Crippen LogP contribution in [0.3, 0.4) is 0 Å². The molecule has 10 rings (SSSR count). The molecule has 7 atom stereocenters. The molecule has 5 aliphatic heterocycles. The van der Waals surface area contributed by atoms with Gasteiger partial charge >= 0.3 is 6.03 Å². The highest BCUT2D eigenvalue weighted by Crippen LogP contribution is 2.50. The van der Waals surface area contributed by atoms with E-state index in [9.17, 15) is 19.2 Å². The highest BCUT2D eigenvalue weighted by Gasteiger charge is 2.51. The summed E-state index contributed by atoms with van der Waals surface area (Å²) >= 11 is 0. The summed E-state index contributed by atoms with van der Waals surface area (Å²) in [4.78, 5) is 67.6. The summed E-state index contributed by atoms with van der Waals surface area (Å²) in [6.07, 6.45) is 10.7. The quantitative estimate of drug-likeness (QED) is 0.197. The van der Waals surface area contributed by atoms with E-state index in [0.29, 0.717) is 66.7 Å². The minimum atomic E-state index is -0.645. The highest BCUT2D eigenvalue weighted by molar-refractivity contribution is 6.02. The van der Waals surface area contributed by atoms with Gasteiger partial charge in [-0.1, -0.05) is 30.3 Å². The van der Waals surface area contributed by atoms with Crippen LogP contribution in [0.4, 0.5) is 22.1 Å². The first-order chi connectivity index (χ1) is 28.6. The molecule has 15 nitrogen and oxygen atoms in total. The van der Waals surface area contributed by atoms with E-state index in [-0.39, 0.29) is 29.6 Å². The number of benzene rings is 2. The number of hydrogen-bond donors (Lipinski definition) is 3. The standard InChI is InChI=1S/C44H52N10O5/c1-3-29-18-26(19-31-21-35(54(29)31)27-17-25-8-11-32-38(50-59-40(32)34(25)20-27)33-12-13-37(55)49-43(33)57)24-6-9-28(10-7-24)47-42-39(41(45)56)46-22-36(48-42)52-14-4-5-30(23-52)53-16-15-51(2)44(53)58/h6-11,22,26-27,29-31,33,35H,3-5,12-21,23H2,1-2H3,(H2,45,56)(H,47,48)(H,49,55,57)/t26?,27-,29?,30-,31?,33?,35?/m1/s1. The molecule has 59 heavy (non-hydrogen) atoms. The number of aromatic nitrogens is 3. The highest BCUT2D eigenvalue weighted by atomic mass is 16.5. The Balaban J connectivity index is 0.793. The third-order valence-corrected chi connectivity index (χ3v) is 14.3. The number of nitrogens with one attached hydrogen (secondary N) is 2. The third kappa shape index (κ3) is 6.67. The Hall–Kier alpha value is -5.57. The molecule has 7 heterocycles. The largest absolute Gasteiger partial charge is 0.364 e. The minimum Gasteiger partial charge on any atom is -0.364 e. The van der Waals surface area contributed by atoms with Crippen molar-refractivity contribution in [3.8, 4) is 0 Å². The van der Waals surface area contributed by atoms with Crippen LogP contribution in [-0.2, 0) is 22.4 Å². The predicted molar refractivity (Wildman–Crippen MR) is 220 cm³/mol. The van der Waals surface area contributed by atoms with Crippen LogP contribution >= 0.6 is 0 Å². The maximum atomic E-state index is 12.7. The number of nitrogens with two attached hydrogens (primary N) is 1. The molecule has 6 aliphatic rings. The minimum absolute atomic E-state index is 0.0705. The second kappa shape index (κ2) is 14.9. The molecular weight excluding hydrogens is 749 g/mol. The van der Waals surface area contributed by atoms with Crippen molar-refractivity contribution in [2.75, 3.05) is 43.4 Å². The maximum absolute atomic E-state index is 12.7. The van der Waals surface area contributed by atoms with Gasteiger partial charge in [-0.25, -0.2) is 14.8 Å². The number of carbonyl (C=O) groups is 4. The Morgan fingerprint density at radius 1 is 1.00 bits per heavy atom. The van der Waals surface area contributed by atoms with E-state index in [1.807, 2.05) is 11.9 Å². The fourth-order valence-electron chi connectivity index (χ4n) is 11.2. The van der Waals surface area contributed by atoms with Crippen LogP contribution in [0.25, 0.3) is 11.0 Å². The molecule has 5 unspecified atom stereocenters. The van der Waals surface area contributed by atoms with Crippen LogP contribution in [0.5, 0.6) is 0 Å². The Kier molecular flexibility index (Phi) is 9.53. The van der Waals surface area contributed by atoms with Gasteiger partial charge in [0.05, 0.1) is 18.2 Å². The Morgan fingerprint density at radius 3 is 2.61 bits per heavy atom. The van der Waals surface area contributed by atoms with Gasteiger partial charge in [0, 0.05) is 74.4 Å². The number of piperidine rings is 3. The van der Waals surface area contributed by atoms with E-state index >= 15 is 0 Å². The average molecular weight is 801 g/mol. The van der Waals surface area contributed by atoms with Crippen LogP contribution in [0.15, 0.2) is 47.1 Å². The van der Waals surface area contributed by atoms with E-state index < -0.39 is 11.8 Å². The van der Waals surface area contributed by atoms with E-state index in [1.165, 1.54) is 23.1 Å². The molecular formula is C44H52N10O5. The van der Waals surface area contributed by atoms with Crippen LogP contribution in [-0.4, -0.2) is 111 Å². The summed E-state index contributed by atoms with van der Waals surface area (Å²) < 4.78 is 5.95. The zero-order valence-electron chi connectivity index (χ0n) is 33.7. The number of nitrogens with zero attached hydrogens (tertiary/aromatic N) is 7. The van der Waals surface area contributed by atoms with Crippen LogP contribution < -0.4 is 21.3 Å². The number of rotatable bonds is 9. The van der Waals surface area contributed by atoms with Crippen LogP contribution in [0.1, 0.15) is 103 Å². The molecule has 308 valence electrons. The second-order valence-corrected chi connectivity index (χ2v) is 17.6. The summed E-state index contributed by atoms with van der Waals surface area (Å²) in [7, 11) is 1.84. The average Bonchev–Trinajstić information content (AvgIpc) is 3.95. The van der Waals surface area contributed by atoms with Crippen molar-refractivity contribution in [1.29, 1.82) is 0 Å². The van der Waals surface area contributed by atoms with Gasteiger partial charge in [-0.3, -0.25) is 24.6 Å². The van der Waals surface area contributed by atoms with Crippen LogP contribution in [0.2, 0.25) is 0 Å². The van der Waals surface area contributed by atoms with Gasteiger partial charge < -0.3 is 30.3 Å². The molecule has 0 bridgehead atoms. The van der Waals surface area contributed by atoms with Gasteiger partial charge in [0.15, 0.2) is 17.1 Å². The van der Waals surface area contributed by atoms with E-state index in [1.54, 1.807) is 11.1 Å². The number of carbonyl (C=O) groups excluding carboxylic acids is 4. The summed E-state index contributed by atoms with van der Waals surface area (Å²) in [5.74, 6) is 0.311. The summed E-state index contributed by atoms with van der Waals surface area (Å²) in [5, 5.41) is 11.1. The predicted octanol–water partition coefficient (Wildman–Crippen LogP) is 4.83. The lowest BCUT2D eigenvalue weighted by molar-refractivity contribution is -0.134. The lowest BCUT2D eigenvalue weighted by Crippen LogP contribution is -2.65. The smallest absolute Gasteiger partial charge is 0.320 e. The number of hydrogen-bond acceptors (Lipinski definition) is 11. The molecule has 2 aromatic heterocycles. The molecule has 4 aromatic rings. The molecule has 5 fully saturated rings. The Bertz CT molecular complexity index is 2330. The van der Waals surface area contributed by atoms with Crippen molar-refractivity contribution in [3.05, 3.63) is 70.7 Å². The first kappa shape index (κ1) is 37.7. The number of primary amides is 1. The fraction of sp³-hybridized carbons (Fsp3) is 0.523. The number of likely N-dealkylation sites (N-methyl/N-ethyl adjacent to an activating group) is 1. The number of amides is 5. The molecule has 5 amide bonds. The number of anilines is 3. The molecule has 4 N–H and O–H groups in total. The van der Waals surface area contributed by atoms with Crippen molar-refractivity contribution in [2.24, 2.45) is 11.7 Å². The van der Waals surface area contributed by atoms with Crippen molar-refractivity contribution < 1.29 is 23.7 Å². The fourth-order valence-corrected chi connectivity index (χ4v) is 11.2. The summed E-state index contributed by atoms with van der Waals surface area (Å²) in [5.41, 5.74) is 12.0. The van der Waals surface area contributed by atoms with E-state index in [4.69, 9.17) is 15.2 Å². The molecule has 15 heteroatoms. The number of urea groups is 1. The van der Waals surface area contributed by atoms with Gasteiger partial charge in [0.1, 0.15) is 11.5 Å². The molecule has 0 radical (unpaired) electrons. The second-order valence-electron chi connectivity index (χ2n) is 17.6. The van der Waals surface area contributed by atoms with Gasteiger partial charge in [-0.05, 0) is 98.9 Å². The van der Waals surface area contributed by atoms with E-state index in [2.05, 4.69) is 73.9 Å². The van der Waals surface area contributed by atoms with E-state index in [0.717, 1.165) is 81.2 Å². The number of imide groups is 1. The molecule has 1 aliphatic carbocycles. The zero-order chi connectivity index (χ0) is 40.5. The lowest BCUT2D eigenvalue weighted by Gasteiger charge is -2.59.